The van der Waals surface area contributed by atoms with Gasteiger partial charge < -0.3 is 23.7 Å². The number of hydrogen-bond donors (Lipinski definition) is 0. The molecule has 32 heavy (non-hydrogen) atoms. The van der Waals surface area contributed by atoms with Gasteiger partial charge in [-0.2, -0.15) is 0 Å². The van der Waals surface area contributed by atoms with E-state index >= 15 is 0 Å². The van der Waals surface area contributed by atoms with Crippen LogP contribution in [0.15, 0.2) is 34.7 Å². The van der Waals surface area contributed by atoms with E-state index in [1.807, 2.05) is 58.0 Å². The number of benzene rings is 1. The average molecular weight is 445 g/mol. The Morgan fingerprint density at radius 2 is 1.72 bits per heavy atom. The average Bonchev–Trinajstić information content (AvgIpc) is 3.19. The first-order chi connectivity index (χ1) is 15.3. The topological polar surface area (TPSA) is 72.2 Å². The molecule has 1 heterocycles. The molecular formula is C25H36N2O5. The first-order valence-electron chi connectivity index (χ1n) is 11.1. The number of furan rings is 1. The molecule has 2 amide bonds. The Morgan fingerprint density at radius 1 is 1.00 bits per heavy atom. The van der Waals surface area contributed by atoms with Crippen molar-refractivity contribution in [3.8, 4) is 11.5 Å². The number of rotatable bonds is 12. The van der Waals surface area contributed by atoms with Crippen molar-refractivity contribution in [2.24, 2.45) is 5.92 Å². The second-order valence-corrected chi connectivity index (χ2v) is 8.18. The minimum atomic E-state index is -0.151. The monoisotopic (exact) mass is 444 g/mol. The van der Waals surface area contributed by atoms with Crippen molar-refractivity contribution in [3.63, 3.8) is 0 Å². The Kier molecular flexibility index (Phi) is 9.62. The van der Waals surface area contributed by atoms with E-state index in [-0.39, 0.29) is 24.3 Å². The van der Waals surface area contributed by atoms with Crippen LogP contribution in [0.4, 0.5) is 0 Å². The molecule has 2 aromatic rings. The van der Waals surface area contributed by atoms with Crippen molar-refractivity contribution in [1.82, 2.24) is 9.80 Å². The van der Waals surface area contributed by atoms with Crippen LogP contribution in [0.5, 0.6) is 11.5 Å². The van der Waals surface area contributed by atoms with Gasteiger partial charge in [-0.15, -0.1) is 0 Å². The third kappa shape index (κ3) is 7.04. The van der Waals surface area contributed by atoms with E-state index in [9.17, 15) is 9.59 Å². The lowest BCUT2D eigenvalue weighted by molar-refractivity contribution is -0.142. The number of nitrogens with zero attached hydrogens (tertiary/aromatic N) is 2. The molecule has 0 radical (unpaired) electrons. The molecule has 0 aliphatic carbocycles. The SMILES string of the molecule is CCCN(CC(=O)N(CCc1ccc(OC)c(OC)c1)Cc1ccc(C)o1)C(=O)C(C)C. The smallest absolute Gasteiger partial charge is 0.242 e. The van der Waals surface area contributed by atoms with E-state index in [0.29, 0.717) is 37.6 Å². The fourth-order valence-electron chi connectivity index (χ4n) is 3.52. The third-order valence-electron chi connectivity index (χ3n) is 5.24. The van der Waals surface area contributed by atoms with Gasteiger partial charge in [-0.3, -0.25) is 9.59 Å². The fraction of sp³-hybridized carbons (Fsp3) is 0.520. The maximum Gasteiger partial charge on any atom is 0.242 e. The summed E-state index contributed by atoms with van der Waals surface area (Å²) in [4.78, 5) is 29.2. The van der Waals surface area contributed by atoms with Crippen molar-refractivity contribution < 1.29 is 23.5 Å². The second-order valence-electron chi connectivity index (χ2n) is 8.18. The van der Waals surface area contributed by atoms with Gasteiger partial charge in [0.1, 0.15) is 11.5 Å². The predicted octanol–water partition coefficient (Wildman–Crippen LogP) is 4.07. The number of carbonyl (C=O) groups excluding carboxylic acids is 2. The van der Waals surface area contributed by atoms with Crippen LogP contribution in [0.25, 0.3) is 0 Å². The first kappa shape index (κ1) is 25.3. The molecule has 0 saturated carbocycles. The van der Waals surface area contributed by atoms with Gasteiger partial charge in [-0.25, -0.2) is 0 Å². The maximum absolute atomic E-state index is 13.3. The summed E-state index contributed by atoms with van der Waals surface area (Å²) in [6.45, 7) is 9.07. The molecule has 1 aromatic heterocycles. The Hall–Kier alpha value is -2.96. The van der Waals surface area contributed by atoms with Crippen LogP contribution in [0.2, 0.25) is 0 Å². The molecule has 0 aliphatic heterocycles. The zero-order valence-corrected chi connectivity index (χ0v) is 20.1. The van der Waals surface area contributed by atoms with Crippen LogP contribution in [0, 0.1) is 12.8 Å². The molecule has 0 atom stereocenters. The molecule has 0 saturated heterocycles. The van der Waals surface area contributed by atoms with E-state index in [1.165, 1.54) is 0 Å². The minimum absolute atomic E-state index is 0.00566. The zero-order chi connectivity index (χ0) is 23.7. The summed E-state index contributed by atoms with van der Waals surface area (Å²) in [5, 5.41) is 0. The van der Waals surface area contributed by atoms with Gasteiger partial charge in [0.25, 0.3) is 0 Å². The van der Waals surface area contributed by atoms with Crippen LogP contribution in [-0.2, 0) is 22.6 Å². The molecule has 0 spiro atoms. The van der Waals surface area contributed by atoms with Gasteiger partial charge in [-0.1, -0.05) is 26.8 Å². The van der Waals surface area contributed by atoms with Crippen LogP contribution in [0.3, 0.4) is 0 Å². The zero-order valence-electron chi connectivity index (χ0n) is 20.1. The van der Waals surface area contributed by atoms with Gasteiger partial charge in [0.05, 0.1) is 27.3 Å². The number of amides is 2. The van der Waals surface area contributed by atoms with Gasteiger partial charge in [-0.05, 0) is 49.6 Å². The quantitative estimate of drug-likeness (QED) is 0.493. The summed E-state index contributed by atoms with van der Waals surface area (Å²) >= 11 is 0. The molecule has 0 N–H and O–H groups in total. The number of hydrogen-bond acceptors (Lipinski definition) is 5. The Bertz CT molecular complexity index is 890. The van der Waals surface area contributed by atoms with Gasteiger partial charge in [0.15, 0.2) is 11.5 Å². The Balaban J connectivity index is 2.17. The standard InChI is InChI=1S/C25H36N2O5/c1-7-13-27(25(29)18(2)3)17-24(28)26(16-21-10-8-19(4)32-21)14-12-20-9-11-22(30-5)23(15-20)31-6/h8-11,15,18H,7,12-14,16-17H2,1-6H3. The van der Waals surface area contributed by atoms with Crippen LogP contribution < -0.4 is 9.47 Å². The molecule has 7 heteroatoms. The number of carbonyl (C=O) groups is 2. The Labute approximate surface area is 191 Å². The Morgan fingerprint density at radius 3 is 2.28 bits per heavy atom. The van der Waals surface area contributed by atoms with Crippen LogP contribution in [0.1, 0.15) is 44.3 Å². The molecule has 7 nitrogen and oxygen atoms in total. The largest absolute Gasteiger partial charge is 0.493 e. The lowest BCUT2D eigenvalue weighted by Gasteiger charge is -2.28. The lowest BCUT2D eigenvalue weighted by Crippen LogP contribution is -2.44. The maximum atomic E-state index is 13.3. The fourth-order valence-corrected chi connectivity index (χ4v) is 3.52. The van der Waals surface area contributed by atoms with Crippen molar-refractivity contribution in [1.29, 1.82) is 0 Å². The van der Waals surface area contributed by atoms with E-state index in [4.69, 9.17) is 13.9 Å². The summed E-state index contributed by atoms with van der Waals surface area (Å²) in [7, 11) is 3.20. The molecule has 0 fully saturated rings. The highest BCUT2D eigenvalue weighted by Gasteiger charge is 2.23. The van der Waals surface area contributed by atoms with Crippen LogP contribution >= 0.6 is 0 Å². The van der Waals surface area contributed by atoms with Crippen molar-refractivity contribution in [2.45, 2.75) is 47.1 Å². The van der Waals surface area contributed by atoms with E-state index < -0.39 is 0 Å². The molecule has 1 aromatic carbocycles. The van der Waals surface area contributed by atoms with Crippen molar-refractivity contribution in [3.05, 3.63) is 47.4 Å². The third-order valence-corrected chi connectivity index (χ3v) is 5.24. The predicted molar refractivity (Wildman–Crippen MR) is 124 cm³/mol. The summed E-state index contributed by atoms with van der Waals surface area (Å²) < 4.78 is 16.4. The van der Waals surface area contributed by atoms with Crippen molar-refractivity contribution >= 4 is 11.8 Å². The highest BCUT2D eigenvalue weighted by atomic mass is 16.5. The first-order valence-corrected chi connectivity index (χ1v) is 11.1. The number of ether oxygens (including phenoxy) is 2. The molecule has 0 bridgehead atoms. The summed E-state index contributed by atoms with van der Waals surface area (Å²) in [5.74, 6) is 2.59. The lowest BCUT2D eigenvalue weighted by atomic mass is 10.1. The van der Waals surface area contributed by atoms with Crippen molar-refractivity contribution in [2.75, 3.05) is 33.9 Å². The second kappa shape index (κ2) is 12.2. The molecule has 2 rings (SSSR count). The summed E-state index contributed by atoms with van der Waals surface area (Å²) in [5.41, 5.74) is 1.03. The van der Waals surface area contributed by atoms with Crippen LogP contribution in [-0.4, -0.2) is 55.5 Å². The van der Waals surface area contributed by atoms with Gasteiger partial charge >= 0.3 is 0 Å². The van der Waals surface area contributed by atoms with Gasteiger partial charge in [0, 0.05) is 19.0 Å². The van der Waals surface area contributed by atoms with E-state index in [2.05, 4.69) is 0 Å². The summed E-state index contributed by atoms with van der Waals surface area (Å²) in [6.07, 6.45) is 1.44. The summed E-state index contributed by atoms with van der Waals surface area (Å²) in [6, 6.07) is 9.52. The van der Waals surface area contributed by atoms with E-state index in [0.717, 1.165) is 23.5 Å². The number of methoxy groups -OCH3 is 2. The molecular weight excluding hydrogens is 408 g/mol. The van der Waals surface area contributed by atoms with E-state index in [1.54, 1.807) is 24.0 Å². The highest BCUT2D eigenvalue weighted by molar-refractivity contribution is 5.85. The minimum Gasteiger partial charge on any atom is -0.493 e. The van der Waals surface area contributed by atoms with Gasteiger partial charge in [0.2, 0.25) is 11.8 Å². The normalized spacial score (nSPS) is 10.8. The molecule has 0 aliphatic rings. The number of aryl methyl sites for hydroxylation is 1. The molecule has 0 unspecified atom stereocenters. The highest BCUT2D eigenvalue weighted by Crippen LogP contribution is 2.27. The molecule has 176 valence electrons.